The Morgan fingerprint density at radius 3 is 2.26 bits per heavy atom. The van der Waals surface area contributed by atoms with E-state index in [0.29, 0.717) is 18.9 Å². The first-order valence-corrected chi connectivity index (χ1v) is 6.93. The van der Waals surface area contributed by atoms with Crippen LogP contribution in [0.15, 0.2) is 11.8 Å². The first-order valence-electron chi connectivity index (χ1n) is 5.52. The molecule has 0 aromatic carbocycles. The van der Waals surface area contributed by atoms with Gasteiger partial charge in [-0.05, 0) is 13.3 Å². The zero-order valence-corrected chi connectivity index (χ0v) is 11.3. The van der Waals surface area contributed by atoms with Gasteiger partial charge in [0.15, 0.2) is 0 Å². The summed E-state index contributed by atoms with van der Waals surface area (Å²) in [7, 11) is -5.76. The Kier molecular flexibility index (Phi) is 6.88. The molecule has 0 fully saturated rings. The zero-order valence-electron chi connectivity index (χ0n) is 10.5. The summed E-state index contributed by atoms with van der Waals surface area (Å²) in [5.41, 5.74) is -5.53. The molecule has 0 rings (SSSR count). The topological polar surface area (TPSA) is 69.7 Å². The molecule has 9 heteroatoms. The van der Waals surface area contributed by atoms with E-state index in [1.807, 2.05) is 0 Å². The van der Waals surface area contributed by atoms with Crippen LogP contribution < -0.4 is 0 Å². The summed E-state index contributed by atoms with van der Waals surface area (Å²) < 4.78 is 66.5. The third-order valence-electron chi connectivity index (χ3n) is 1.84. The number of hydrogen-bond donors (Lipinski definition) is 0. The van der Waals surface area contributed by atoms with Crippen LogP contribution in [0.25, 0.3) is 0 Å². The van der Waals surface area contributed by atoms with Crippen molar-refractivity contribution in [3.8, 4) is 0 Å². The van der Waals surface area contributed by atoms with Crippen molar-refractivity contribution in [1.29, 1.82) is 0 Å². The van der Waals surface area contributed by atoms with Crippen LogP contribution in [0.5, 0.6) is 0 Å². The third-order valence-corrected chi connectivity index (χ3v) is 2.84. The highest BCUT2D eigenvalue weighted by atomic mass is 32.2. The predicted molar refractivity (Wildman–Crippen MR) is 60.3 cm³/mol. The summed E-state index contributed by atoms with van der Waals surface area (Å²) in [5.74, 6) is -1.54. The molecule has 112 valence electrons. The van der Waals surface area contributed by atoms with Gasteiger partial charge in [0, 0.05) is 6.42 Å². The lowest BCUT2D eigenvalue weighted by molar-refractivity contribution is -0.137. The quantitative estimate of drug-likeness (QED) is 0.238. The Bertz CT molecular complexity index is 425. The van der Waals surface area contributed by atoms with Crippen LogP contribution in [-0.2, 0) is 23.8 Å². The largest absolute Gasteiger partial charge is 0.534 e. The molecule has 0 aliphatic rings. The molecular formula is C10H15F3O5S. The molecule has 0 saturated carbocycles. The second kappa shape index (κ2) is 7.37. The molecule has 0 unspecified atom stereocenters. The number of carbonyl (C=O) groups is 1. The fourth-order valence-corrected chi connectivity index (χ4v) is 1.50. The number of carbonyl (C=O) groups excluding carboxylic acids is 1. The van der Waals surface area contributed by atoms with Crippen LogP contribution in [0, 0.1) is 0 Å². The average molecular weight is 304 g/mol. The van der Waals surface area contributed by atoms with Crippen molar-refractivity contribution in [2.75, 3.05) is 6.61 Å². The van der Waals surface area contributed by atoms with Crippen LogP contribution in [0.4, 0.5) is 13.2 Å². The molecule has 0 saturated heterocycles. The van der Waals surface area contributed by atoms with Gasteiger partial charge >= 0.3 is 21.6 Å². The molecule has 0 spiro atoms. The highest BCUT2D eigenvalue weighted by Gasteiger charge is 2.48. The van der Waals surface area contributed by atoms with Crippen molar-refractivity contribution in [3.05, 3.63) is 11.8 Å². The Labute approximate surface area is 109 Å². The zero-order chi connectivity index (χ0) is 15.1. The summed E-state index contributed by atoms with van der Waals surface area (Å²) in [6.07, 6.45) is 1.47. The van der Waals surface area contributed by atoms with E-state index in [1.165, 1.54) is 6.92 Å². The van der Waals surface area contributed by atoms with Gasteiger partial charge in [-0.15, -0.1) is 0 Å². The first kappa shape index (κ1) is 17.8. The number of halogens is 3. The molecule has 0 amide bonds. The van der Waals surface area contributed by atoms with Crippen molar-refractivity contribution in [2.45, 2.75) is 38.6 Å². The Morgan fingerprint density at radius 1 is 1.26 bits per heavy atom. The minimum absolute atomic E-state index is 0.0163. The summed E-state index contributed by atoms with van der Waals surface area (Å²) in [4.78, 5) is 11.1. The van der Waals surface area contributed by atoms with Gasteiger partial charge in [0.2, 0.25) is 0 Å². The van der Waals surface area contributed by atoms with Gasteiger partial charge in [-0.3, -0.25) is 0 Å². The van der Waals surface area contributed by atoms with Gasteiger partial charge < -0.3 is 8.92 Å². The van der Waals surface area contributed by atoms with Gasteiger partial charge in [0.05, 0.1) is 12.7 Å². The molecule has 0 heterocycles. The molecule has 19 heavy (non-hydrogen) atoms. The number of esters is 1. The maximum Gasteiger partial charge on any atom is 0.534 e. The maximum atomic E-state index is 12.1. The van der Waals surface area contributed by atoms with Crippen LogP contribution in [0.2, 0.25) is 0 Å². The fraction of sp³-hybridized carbons (Fsp3) is 0.700. The van der Waals surface area contributed by atoms with Crippen molar-refractivity contribution in [3.63, 3.8) is 0 Å². The van der Waals surface area contributed by atoms with E-state index in [1.54, 1.807) is 6.92 Å². The number of rotatable bonds is 7. The molecule has 5 nitrogen and oxygen atoms in total. The van der Waals surface area contributed by atoms with Gasteiger partial charge in [-0.2, -0.15) is 21.6 Å². The molecule has 0 N–H and O–H groups in total. The van der Waals surface area contributed by atoms with Crippen LogP contribution in [0.3, 0.4) is 0 Å². The molecule has 0 radical (unpaired) electrons. The van der Waals surface area contributed by atoms with Crippen LogP contribution >= 0.6 is 0 Å². The molecule has 0 aliphatic heterocycles. The van der Waals surface area contributed by atoms with Crippen LogP contribution in [-0.4, -0.2) is 26.5 Å². The SMILES string of the molecule is CCCCC(=CC(=O)OCC)OS(=O)(=O)C(F)(F)F. The van der Waals surface area contributed by atoms with Crippen LogP contribution in [0.1, 0.15) is 33.1 Å². The lowest BCUT2D eigenvalue weighted by Gasteiger charge is -2.12. The van der Waals surface area contributed by atoms with Crippen molar-refractivity contribution in [1.82, 2.24) is 0 Å². The molecule has 0 aromatic rings. The normalized spacial score (nSPS) is 13.2. The van der Waals surface area contributed by atoms with E-state index in [0.717, 1.165) is 0 Å². The van der Waals surface area contributed by atoms with E-state index < -0.39 is 27.4 Å². The molecule has 0 bridgehead atoms. The summed E-state index contributed by atoms with van der Waals surface area (Å²) >= 11 is 0. The van der Waals surface area contributed by atoms with E-state index >= 15 is 0 Å². The maximum absolute atomic E-state index is 12.1. The highest BCUT2D eigenvalue weighted by Crippen LogP contribution is 2.27. The lowest BCUT2D eigenvalue weighted by Crippen LogP contribution is -2.25. The second-order valence-corrected chi connectivity index (χ2v) is 4.99. The number of alkyl halides is 3. The second-order valence-electron chi connectivity index (χ2n) is 3.45. The summed E-state index contributed by atoms with van der Waals surface area (Å²) in [6, 6.07) is 0. The number of allylic oxidation sites excluding steroid dienone is 1. The smallest absolute Gasteiger partial charge is 0.463 e. The van der Waals surface area contributed by atoms with Crippen molar-refractivity contribution < 1.29 is 35.3 Å². The minimum Gasteiger partial charge on any atom is -0.463 e. The number of hydrogen-bond acceptors (Lipinski definition) is 5. The van der Waals surface area contributed by atoms with E-state index in [4.69, 9.17) is 0 Å². The Morgan fingerprint density at radius 2 is 1.84 bits per heavy atom. The van der Waals surface area contributed by atoms with Crippen molar-refractivity contribution >= 4 is 16.1 Å². The predicted octanol–water partition coefficient (Wildman–Crippen LogP) is 2.49. The van der Waals surface area contributed by atoms with E-state index in [9.17, 15) is 26.4 Å². The summed E-state index contributed by atoms with van der Waals surface area (Å²) in [5, 5.41) is 0. The average Bonchev–Trinajstić information content (AvgIpc) is 2.24. The Hall–Kier alpha value is -1.25. The Balaban J connectivity index is 5.03. The fourth-order valence-electron chi connectivity index (χ4n) is 0.992. The molecular weight excluding hydrogens is 289 g/mol. The minimum atomic E-state index is -5.76. The van der Waals surface area contributed by atoms with Gasteiger partial charge in [0.1, 0.15) is 5.76 Å². The summed E-state index contributed by atoms with van der Waals surface area (Å²) in [6.45, 7) is 3.27. The van der Waals surface area contributed by atoms with E-state index in [2.05, 4.69) is 8.92 Å². The van der Waals surface area contributed by atoms with Gasteiger partial charge in [-0.25, -0.2) is 4.79 Å². The molecule has 0 atom stereocenters. The third kappa shape index (κ3) is 6.46. The monoisotopic (exact) mass is 304 g/mol. The van der Waals surface area contributed by atoms with E-state index in [-0.39, 0.29) is 13.0 Å². The lowest BCUT2D eigenvalue weighted by atomic mass is 10.2. The standard InChI is InChI=1S/C10H15F3O5S/c1-3-5-6-8(7-9(14)17-4-2)18-19(15,16)10(11,12)13/h7H,3-6H2,1-2H3. The van der Waals surface area contributed by atoms with Crippen molar-refractivity contribution in [2.24, 2.45) is 0 Å². The highest BCUT2D eigenvalue weighted by molar-refractivity contribution is 7.87. The first-order chi connectivity index (χ1) is 8.64. The molecule has 0 aromatic heterocycles. The number of ether oxygens (including phenoxy) is 1. The molecule has 0 aliphatic carbocycles. The van der Waals surface area contributed by atoms with Gasteiger partial charge in [-0.1, -0.05) is 13.3 Å². The van der Waals surface area contributed by atoms with Gasteiger partial charge in [0.25, 0.3) is 0 Å². The number of unbranched alkanes of at least 4 members (excludes halogenated alkanes) is 1.